The molecule has 2 rings (SSSR count). The summed E-state index contributed by atoms with van der Waals surface area (Å²) in [7, 11) is 2.08. The van der Waals surface area contributed by atoms with E-state index < -0.39 is 0 Å². The first kappa shape index (κ1) is 12.1. The molecular weight excluding hydrogens is 216 g/mol. The fraction of sp³-hybridized carbons (Fsp3) is 0.769. The Balaban J connectivity index is 2.33. The standard InChI is InChI=1S/C13H22N2S/c1-9(2)11-8-16-12(15-11)13(14-4)7-5-6-10(13)3/h8-10,14H,5-7H2,1-4H3. The van der Waals surface area contributed by atoms with Crippen LogP contribution in [0.25, 0.3) is 0 Å². The molecule has 0 bridgehead atoms. The highest BCUT2D eigenvalue weighted by atomic mass is 32.1. The van der Waals surface area contributed by atoms with Crippen molar-refractivity contribution in [2.75, 3.05) is 7.05 Å². The number of nitrogens with one attached hydrogen (secondary N) is 1. The Morgan fingerprint density at radius 1 is 1.56 bits per heavy atom. The van der Waals surface area contributed by atoms with Gasteiger partial charge in [-0.15, -0.1) is 11.3 Å². The fourth-order valence-electron chi connectivity index (χ4n) is 2.73. The van der Waals surface area contributed by atoms with Crippen molar-refractivity contribution in [2.45, 2.75) is 51.5 Å². The molecule has 1 fully saturated rings. The SMILES string of the molecule is CNC1(c2nc(C(C)C)cs2)CCCC1C. The Hall–Kier alpha value is -0.410. The third kappa shape index (κ3) is 1.80. The predicted octanol–water partition coefficient (Wildman–Crippen LogP) is 3.50. The third-order valence-corrected chi connectivity index (χ3v) is 5.03. The molecule has 1 aliphatic rings. The Labute approximate surface area is 102 Å². The van der Waals surface area contributed by atoms with Crippen LogP contribution in [0.1, 0.15) is 56.7 Å². The van der Waals surface area contributed by atoms with Crippen molar-refractivity contribution in [3.05, 3.63) is 16.1 Å². The van der Waals surface area contributed by atoms with Crippen molar-refractivity contribution >= 4 is 11.3 Å². The Bertz CT molecular complexity index is 359. The van der Waals surface area contributed by atoms with E-state index in [-0.39, 0.29) is 5.54 Å². The van der Waals surface area contributed by atoms with Gasteiger partial charge in [0.2, 0.25) is 0 Å². The maximum Gasteiger partial charge on any atom is 0.113 e. The highest BCUT2D eigenvalue weighted by molar-refractivity contribution is 7.09. The van der Waals surface area contributed by atoms with Gasteiger partial charge < -0.3 is 5.32 Å². The van der Waals surface area contributed by atoms with E-state index in [2.05, 4.69) is 38.5 Å². The first-order valence-corrected chi connectivity index (χ1v) is 7.13. The highest BCUT2D eigenvalue weighted by Crippen LogP contribution is 2.44. The van der Waals surface area contributed by atoms with E-state index in [4.69, 9.17) is 4.98 Å². The molecule has 16 heavy (non-hydrogen) atoms. The number of rotatable bonds is 3. The topological polar surface area (TPSA) is 24.9 Å². The van der Waals surface area contributed by atoms with Crippen molar-refractivity contribution in [1.82, 2.24) is 10.3 Å². The predicted molar refractivity (Wildman–Crippen MR) is 70.0 cm³/mol. The summed E-state index contributed by atoms with van der Waals surface area (Å²) in [5, 5.41) is 7.07. The van der Waals surface area contributed by atoms with Gasteiger partial charge in [0.15, 0.2) is 0 Å². The number of hydrogen-bond acceptors (Lipinski definition) is 3. The number of aromatic nitrogens is 1. The molecule has 1 heterocycles. The van der Waals surface area contributed by atoms with Gasteiger partial charge in [-0.25, -0.2) is 4.98 Å². The molecule has 2 unspecified atom stereocenters. The minimum atomic E-state index is 0.151. The van der Waals surface area contributed by atoms with Gasteiger partial charge >= 0.3 is 0 Å². The van der Waals surface area contributed by atoms with Gasteiger partial charge in [-0.1, -0.05) is 27.2 Å². The average Bonchev–Trinajstić information content (AvgIpc) is 2.84. The minimum absolute atomic E-state index is 0.151. The van der Waals surface area contributed by atoms with Crippen LogP contribution in [0.3, 0.4) is 0 Å². The van der Waals surface area contributed by atoms with E-state index in [1.165, 1.54) is 30.0 Å². The average molecular weight is 238 g/mol. The molecule has 0 amide bonds. The highest BCUT2D eigenvalue weighted by Gasteiger charge is 2.42. The number of hydrogen-bond donors (Lipinski definition) is 1. The molecule has 2 nitrogen and oxygen atoms in total. The van der Waals surface area contributed by atoms with Crippen LogP contribution in [0, 0.1) is 5.92 Å². The number of thiazole rings is 1. The quantitative estimate of drug-likeness (QED) is 0.872. The maximum absolute atomic E-state index is 4.84. The lowest BCUT2D eigenvalue weighted by molar-refractivity contribution is 0.282. The van der Waals surface area contributed by atoms with E-state index in [0.717, 1.165) is 0 Å². The van der Waals surface area contributed by atoms with Crippen molar-refractivity contribution in [3.8, 4) is 0 Å². The molecule has 0 aromatic carbocycles. The van der Waals surface area contributed by atoms with Crippen LogP contribution in [0.4, 0.5) is 0 Å². The molecule has 3 heteroatoms. The summed E-state index contributed by atoms with van der Waals surface area (Å²) in [5.74, 6) is 1.24. The molecular formula is C13H22N2S. The van der Waals surface area contributed by atoms with Crippen LogP contribution < -0.4 is 5.32 Å². The van der Waals surface area contributed by atoms with Crippen molar-refractivity contribution in [2.24, 2.45) is 5.92 Å². The van der Waals surface area contributed by atoms with Crippen LogP contribution in [0.15, 0.2) is 5.38 Å². The van der Waals surface area contributed by atoms with Crippen LogP contribution >= 0.6 is 11.3 Å². The summed E-state index contributed by atoms with van der Waals surface area (Å²) < 4.78 is 0. The Morgan fingerprint density at radius 3 is 2.75 bits per heavy atom. The van der Waals surface area contributed by atoms with E-state index in [9.17, 15) is 0 Å². The van der Waals surface area contributed by atoms with E-state index in [1.807, 2.05) is 11.3 Å². The fourth-order valence-corrected chi connectivity index (χ4v) is 4.06. The zero-order valence-electron chi connectivity index (χ0n) is 10.7. The first-order valence-electron chi connectivity index (χ1n) is 6.25. The second kappa shape index (κ2) is 4.46. The maximum atomic E-state index is 4.84. The van der Waals surface area contributed by atoms with Gasteiger partial charge in [0.05, 0.1) is 11.2 Å². The smallest absolute Gasteiger partial charge is 0.113 e. The summed E-state index contributed by atoms with van der Waals surface area (Å²) in [6.45, 7) is 6.77. The van der Waals surface area contributed by atoms with Crippen molar-refractivity contribution in [3.63, 3.8) is 0 Å². The zero-order valence-corrected chi connectivity index (χ0v) is 11.5. The molecule has 1 saturated carbocycles. The van der Waals surface area contributed by atoms with E-state index in [1.54, 1.807) is 0 Å². The van der Waals surface area contributed by atoms with E-state index >= 15 is 0 Å². The lowest BCUT2D eigenvalue weighted by Crippen LogP contribution is -2.42. The van der Waals surface area contributed by atoms with Gasteiger partial charge in [0, 0.05) is 5.38 Å². The lowest BCUT2D eigenvalue weighted by atomic mass is 9.89. The summed E-state index contributed by atoms with van der Waals surface area (Å²) in [6.07, 6.45) is 3.87. The number of nitrogens with zero attached hydrogens (tertiary/aromatic N) is 1. The molecule has 1 aliphatic carbocycles. The molecule has 0 aliphatic heterocycles. The summed E-state index contributed by atoms with van der Waals surface area (Å²) in [4.78, 5) is 4.84. The van der Waals surface area contributed by atoms with Crippen LogP contribution in [-0.4, -0.2) is 12.0 Å². The van der Waals surface area contributed by atoms with Gasteiger partial charge in [0.25, 0.3) is 0 Å². The van der Waals surface area contributed by atoms with E-state index in [0.29, 0.717) is 11.8 Å². The summed E-state index contributed by atoms with van der Waals surface area (Å²) in [6, 6.07) is 0. The molecule has 90 valence electrons. The summed E-state index contributed by atoms with van der Waals surface area (Å²) >= 11 is 1.83. The normalized spacial score (nSPS) is 30.2. The van der Waals surface area contributed by atoms with Gasteiger partial charge in [0.1, 0.15) is 5.01 Å². The second-order valence-electron chi connectivity index (χ2n) is 5.25. The lowest BCUT2D eigenvalue weighted by Gasteiger charge is -2.31. The van der Waals surface area contributed by atoms with Crippen LogP contribution in [0.5, 0.6) is 0 Å². The van der Waals surface area contributed by atoms with Crippen LogP contribution in [-0.2, 0) is 5.54 Å². The Kier molecular flexibility index (Phi) is 3.36. The molecule has 0 saturated heterocycles. The zero-order chi connectivity index (χ0) is 11.8. The third-order valence-electron chi connectivity index (χ3n) is 3.99. The summed E-state index contributed by atoms with van der Waals surface area (Å²) in [5.41, 5.74) is 1.39. The molecule has 1 aromatic heterocycles. The van der Waals surface area contributed by atoms with Crippen molar-refractivity contribution in [1.29, 1.82) is 0 Å². The van der Waals surface area contributed by atoms with Gasteiger partial charge in [-0.3, -0.25) is 0 Å². The molecule has 0 spiro atoms. The molecule has 0 radical (unpaired) electrons. The van der Waals surface area contributed by atoms with Crippen LogP contribution in [0.2, 0.25) is 0 Å². The minimum Gasteiger partial charge on any atom is -0.308 e. The molecule has 2 atom stereocenters. The first-order chi connectivity index (χ1) is 7.60. The molecule has 1 N–H and O–H groups in total. The monoisotopic (exact) mass is 238 g/mol. The van der Waals surface area contributed by atoms with Crippen molar-refractivity contribution < 1.29 is 0 Å². The van der Waals surface area contributed by atoms with Gasteiger partial charge in [-0.2, -0.15) is 0 Å². The Morgan fingerprint density at radius 2 is 2.31 bits per heavy atom. The second-order valence-corrected chi connectivity index (χ2v) is 6.10. The molecule has 1 aromatic rings. The largest absolute Gasteiger partial charge is 0.308 e. The van der Waals surface area contributed by atoms with Gasteiger partial charge in [-0.05, 0) is 31.7 Å².